The van der Waals surface area contributed by atoms with Crippen molar-refractivity contribution >= 4 is 38.8 Å². The zero-order chi connectivity index (χ0) is 14.0. The van der Waals surface area contributed by atoms with E-state index in [4.69, 9.17) is 22.7 Å². The monoisotopic (exact) mass is 342 g/mol. The fourth-order valence-corrected chi connectivity index (χ4v) is 3.08. The van der Waals surface area contributed by atoms with Crippen LogP contribution in [0.3, 0.4) is 0 Å². The first kappa shape index (κ1) is 14.8. The minimum absolute atomic E-state index is 0.0984. The third-order valence-electron chi connectivity index (χ3n) is 3.72. The van der Waals surface area contributed by atoms with Crippen LogP contribution in [-0.2, 0) is 4.74 Å². The molecular formula is C14H19BrN2OS. The molecule has 0 bridgehead atoms. The van der Waals surface area contributed by atoms with Gasteiger partial charge in [-0.3, -0.25) is 0 Å². The molecule has 1 aromatic carbocycles. The van der Waals surface area contributed by atoms with Gasteiger partial charge in [-0.2, -0.15) is 0 Å². The summed E-state index contributed by atoms with van der Waals surface area (Å²) in [6.07, 6.45) is 2.19. The molecular weight excluding hydrogens is 324 g/mol. The van der Waals surface area contributed by atoms with Crippen LogP contribution in [0.25, 0.3) is 0 Å². The molecule has 3 nitrogen and oxygen atoms in total. The molecule has 1 saturated heterocycles. The van der Waals surface area contributed by atoms with Crippen LogP contribution < -0.4 is 10.6 Å². The lowest BCUT2D eigenvalue weighted by Gasteiger charge is -2.41. The molecule has 0 amide bonds. The summed E-state index contributed by atoms with van der Waals surface area (Å²) in [5, 5.41) is 0. The predicted octanol–water partition coefficient (Wildman–Crippen LogP) is 3.09. The van der Waals surface area contributed by atoms with Gasteiger partial charge in [-0.15, -0.1) is 0 Å². The summed E-state index contributed by atoms with van der Waals surface area (Å²) in [5.41, 5.74) is 7.76. The van der Waals surface area contributed by atoms with Crippen LogP contribution in [0.5, 0.6) is 0 Å². The summed E-state index contributed by atoms with van der Waals surface area (Å²) in [7, 11) is 1.78. The highest BCUT2D eigenvalue weighted by Gasteiger charge is 2.31. The standard InChI is InChI=1S/C14H19BrN2OS/c1-14(18-2)6-3-7-17(9-14)12-5-4-10(15)8-11(12)13(16)19/h4-5,8H,3,6-7,9H2,1-2H3,(H2,16,19). The van der Waals surface area contributed by atoms with Gasteiger partial charge in [-0.05, 0) is 38.0 Å². The van der Waals surface area contributed by atoms with Crippen molar-refractivity contribution in [1.82, 2.24) is 0 Å². The largest absolute Gasteiger partial charge is 0.389 e. The molecule has 0 spiro atoms. The highest BCUT2D eigenvalue weighted by atomic mass is 79.9. The molecule has 1 aromatic rings. The number of ether oxygens (including phenoxy) is 1. The summed E-state index contributed by atoms with van der Waals surface area (Å²) in [4.78, 5) is 2.74. The van der Waals surface area contributed by atoms with Crippen LogP contribution in [-0.4, -0.2) is 30.8 Å². The maximum Gasteiger partial charge on any atom is 0.106 e. The molecule has 1 aliphatic rings. The van der Waals surface area contributed by atoms with E-state index in [1.54, 1.807) is 7.11 Å². The number of benzene rings is 1. The first-order chi connectivity index (χ1) is 8.95. The molecule has 1 fully saturated rings. The van der Waals surface area contributed by atoms with E-state index in [-0.39, 0.29) is 5.60 Å². The molecule has 1 atom stereocenters. The highest BCUT2D eigenvalue weighted by molar-refractivity contribution is 9.10. The molecule has 19 heavy (non-hydrogen) atoms. The smallest absolute Gasteiger partial charge is 0.106 e. The molecule has 0 aromatic heterocycles. The van der Waals surface area contributed by atoms with Gasteiger partial charge in [0.2, 0.25) is 0 Å². The van der Waals surface area contributed by atoms with Crippen LogP contribution in [0, 0.1) is 0 Å². The maximum atomic E-state index is 5.84. The number of nitrogens with zero attached hydrogens (tertiary/aromatic N) is 1. The number of rotatable bonds is 3. The van der Waals surface area contributed by atoms with E-state index in [0.29, 0.717) is 4.99 Å². The molecule has 0 saturated carbocycles. The van der Waals surface area contributed by atoms with Gasteiger partial charge in [0.1, 0.15) is 4.99 Å². The van der Waals surface area contributed by atoms with E-state index >= 15 is 0 Å². The van der Waals surface area contributed by atoms with Gasteiger partial charge in [0.05, 0.1) is 5.60 Å². The maximum absolute atomic E-state index is 5.84. The minimum Gasteiger partial charge on any atom is -0.389 e. The average molecular weight is 343 g/mol. The normalized spacial score (nSPS) is 23.4. The number of hydrogen-bond donors (Lipinski definition) is 1. The fraction of sp³-hybridized carbons (Fsp3) is 0.500. The topological polar surface area (TPSA) is 38.5 Å². The van der Waals surface area contributed by atoms with E-state index < -0.39 is 0 Å². The van der Waals surface area contributed by atoms with Crippen molar-refractivity contribution in [3.63, 3.8) is 0 Å². The van der Waals surface area contributed by atoms with Gasteiger partial charge in [-0.25, -0.2) is 0 Å². The number of methoxy groups -OCH3 is 1. The highest BCUT2D eigenvalue weighted by Crippen LogP contribution is 2.31. The lowest BCUT2D eigenvalue weighted by atomic mass is 9.94. The summed E-state index contributed by atoms with van der Waals surface area (Å²) in [6, 6.07) is 6.08. The minimum atomic E-state index is -0.0984. The van der Waals surface area contributed by atoms with Gasteiger partial charge in [-0.1, -0.05) is 28.1 Å². The SMILES string of the molecule is COC1(C)CCCN(c2ccc(Br)cc2C(N)=S)C1. The second-order valence-electron chi connectivity index (χ2n) is 5.20. The number of anilines is 1. The second kappa shape index (κ2) is 5.77. The van der Waals surface area contributed by atoms with E-state index in [1.807, 2.05) is 12.1 Å². The van der Waals surface area contributed by atoms with Crippen molar-refractivity contribution in [3.05, 3.63) is 28.2 Å². The summed E-state index contributed by atoms with van der Waals surface area (Å²) < 4.78 is 6.63. The van der Waals surface area contributed by atoms with Crippen LogP contribution in [0.1, 0.15) is 25.3 Å². The molecule has 1 unspecified atom stereocenters. The van der Waals surface area contributed by atoms with Crippen LogP contribution in [0.15, 0.2) is 22.7 Å². The Morgan fingerprint density at radius 3 is 2.89 bits per heavy atom. The van der Waals surface area contributed by atoms with Crippen molar-refractivity contribution in [2.75, 3.05) is 25.1 Å². The Morgan fingerprint density at radius 1 is 1.53 bits per heavy atom. The first-order valence-corrected chi connectivity index (χ1v) is 7.55. The van der Waals surface area contributed by atoms with Crippen LogP contribution in [0.2, 0.25) is 0 Å². The van der Waals surface area contributed by atoms with Gasteiger partial charge in [0, 0.05) is 35.9 Å². The predicted molar refractivity (Wildman–Crippen MR) is 86.9 cm³/mol. The van der Waals surface area contributed by atoms with Crippen molar-refractivity contribution in [3.8, 4) is 0 Å². The van der Waals surface area contributed by atoms with Crippen LogP contribution >= 0.6 is 28.1 Å². The number of hydrogen-bond acceptors (Lipinski definition) is 3. The summed E-state index contributed by atoms with van der Waals surface area (Å²) in [5.74, 6) is 0. The first-order valence-electron chi connectivity index (χ1n) is 6.35. The molecule has 0 aliphatic carbocycles. The summed E-state index contributed by atoms with van der Waals surface area (Å²) in [6.45, 7) is 4.02. The van der Waals surface area contributed by atoms with E-state index in [9.17, 15) is 0 Å². The Balaban J connectivity index is 2.33. The zero-order valence-electron chi connectivity index (χ0n) is 11.3. The fourth-order valence-electron chi connectivity index (χ4n) is 2.56. The van der Waals surface area contributed by atoms with E-state index in [1.165, 1.54) is 0 Å². The average Bonchev–Trinajstić information content (AvgIpc) is 2.38. The van der Waals surface area contributed by atoms with Crippen LogP contribution in [0.4, 0.5) is 5.69 Å². The van der Waals surface area contributed by atoms with Gasteiger partial charge in [0.25, 0.3) is 0 Å². The number of piperidine rings is 1. The Hall–Kier alpha value is -0.650. The van der Waals surface area contributed by atoms with E-state index in [0.717, 1.165) is 41.7 Å². The van der Waals surface area contributed by atoms with Gasteiger partial charge in [0.15, 0.2) is 0 Å². The van der Waals surface area contributed by atoms with Gasteiger partial charge >= 0.3 is 0 Å². The Kier molecular flexibility index (Phi) is 4.48. The third-order valence-corrected chi connectivity index (χ3v) is 4.43. The van der Waals surface area contributed by atoms with E-state index in [2.05, 4.69) is 33.8 Å². The molecule has 1 heterocycles. The Morgan fingerprint density at radius 2 is 2.26 bits per heavy atom. The molecule has 104 valence electrons. The quantitative estimate of drug-likeness (QED) is 0.856. The van der Waals surface area contributed by atoms with Crippen molar-refractivity contribution in [2.24, 2.45) is 5.73 Å². The molecule has 2 N–H and O–H groups in total. The Labute approximate surface area is 128 Å². The zero-order valence-corrected chi connectivity index (χ0v) is 13.7. The van der Waals surface area contributed by atoms with Gasteiger partial charge < -0.3 is 15.4 Å². The molecule has 2 rings (SSSR count). The number of halogens is 1. The molecule has 1 aliphatic heterocycles. The summed E-state index contributed by atoms with van der Waals surface area (Å²) >= 11 is 8.63. The Bertz CT molecular complexity index is 494. The molecule has 5 heteroatoms. The van der Waals surface area contributed by atoms with Crippen molar-refractivity contribution in [2.45, 2.75) is 25.4 Å². The second-order valence-corrected chi connectivity index (χ2v) is 6.56. The number of thiocarbonyl (C=S) groups is 1. The van der Waals surface area contributed by atoms with Crippen molar-refractivity contribution in [1.29, 1.82) is 0 Å². The number of nitrogens with two attached hydrogens (primary N) is 1. The molecule has 0 radical (unpaired) electrons. The third kappa shape index (κ3) is 3.27. The van der Waals surface area contributed by atoms with Crippen molar-refractivity contribution < 1.29 is 4.74 Å². The lowest BCUT2D eigenvalue weighted by Crippen LogP contribution is -2.48. The lowest BCUT2D eigenvalue weighted by molar-refractivity contribution is -0.00465.